The Balaban J connectivity index is 2.35. The van der Waals surface area contributed by atoms with E-state index >= 15 is 0 Å². The molecule has 1 N–H and O–H groups in total. The molecule has 0 heterocycles. The summed E-state index contributed by atoms with van der Waals surface area (Å²) in [6.45, 7) is 3.25. The molecule has 0 fully saturated rings. The summed E-state index contributed by atoms with van der Waals surface area (Å²) in [7, 11) is 0. The lowest BCUT2D eigenvalue weighted by atomic mass is 10.1. The van der Waals surface area contributed by atoms with Gasteiger partial charge in [-0.15, -0.1) is 0 Å². The summed E-state index contributed by atoms with van der Waals surface area (Å²) in [6.07, 6.45) is 0.410. The first kappa shape index (κ1) is 14.8. The number of amides is 1. The summed E-state index contributed by atoms with van der Waals surface area (Å²) < 4.78 is 5.83. The van der Waals surface area contributed by atoms with E-state index in [1.807, 2.05) is 19.1 Å². The topological polar surface area (TPSA) is 55.4 Å². The molecule has 0 spiro atoms. The summed E-state index contributed by atoms with van der Waals surface area (Å²) in [4.78, 5) is 23.2. The number of carbonyl (C=O) groups is 2. The molecule has 0 aromatic heterocycles. The van der Waals surface area contributed by atoms with E-state index in [4.69, 9.17) is 4.74 Å². The molecule has 0 atom stereocenters. The SMILES string of the molecule is CCC(=O)c1ccccc1Oc1ccccc1NC(C)=O. The zero-order valence-corrected chi connectivity index (χ0v) is 12.1. The van der Waals surface area contributed by atoms with Gasteiger partial charge in [0.2, 0.25) is 5.91 Å². The van der Waals surface area contributed by atoms with Gasteiger partial charge in [0.15, 0.2) is 11.5 Å². The third-order valence-corrected chi connectivity index (χ3v) is 2.93. The number of hydrogen-bond acceptors (Lipinski definition) is 3. The van der Waals surface area contributed by atoms with Gasteiger partial charge < -0.3 is 10.1 Å². The minimum Gasteiger partial charge on any atom is -0.454 e. The van der Waals surface area contributed by atoms with Crippen LogP contribution in [0.25, 0.3) is 0 Å². The van der Waals surface area contributed by atoms with Crippen LogP contribution in [-0.2, 0) is 4.79 Å². The Morgan fingerprint density at radius 1 is 1.00 bits per heavy atom. The quantitative estimate of drug-likeness (QED) is 0.843. The summed E-state index contributed by atoms with van der Waals surface area (Å²) in [5.41, 5.74) is 1.11. The number of hydrogen-bond donors (Lipinski definition) is 1. The Labute approximate surface area is 123 Å². The van der Waals surface area contributed by atoms with Crippen LogP contribution in [0.1, 0.15) is 30.6 Å². The maximum absolute atomic E-state index is 11.9. The van der Waals surface area contributed by atoms with Crippen molar-refractivity contribution in [3.8, 4) is 11.5 Å². The predicted molar refractivity (Wildman–Crippen MR) is 81.9 cm³/mol. The van der Waals surface area contributed by atoms with Gasteiger partial charge in [0.25, 0.3) is 0 Å². The minimum atomic E-state index is -0.177. The lowest BCUT2D eigenvalue weighted by molar-refractivity contribution is -0.114. The van der Waals surface area contributed by atoms with Crippen molar-refractivity contribution < 1.29 is 14.3 Å². The number of Topliss-reactive ketones (excluding diaryl/α,β-unsaturated/α-hetero) is 1. The maximum atomic E-state index is 11.9. The molecule has 0 aliphatic heterocycles. The third kappa shape index (κ3) is 3.69. The van der Waals surface area contributed by atoms with Crippen molar-refractivity contribution in [2.24, 2.45) is 0 Å². The minimum absolute atomic E-state index is 0.0163. The van der Waals surface area contributed by atoms with Crippen LogP contribution in [0.15, 0.2) is 48.5 Å². The molecule has 0 radical (unpaired) electrons. The maximum Gasteiger partial charge on any atom is 0.221 e. The van der Waals surface area contributed by atoms with E-state index in [1.54, 1.807) is 36.4 Å². The highest BCUT2D eigenvalue weighted by Gasteiger charge is 2.12. The highest BCUT2D eigenvalue weighted by atomic mass is 16.5. The average Bonchev–Trinajstić information content (AvgIpc) is 2.48. The molecule has 0 bridgehead atoms. The standard InChI is InChI=1S/C17H17NO3/c1-3-15(20)13-8-4-6-10-16(13)21-17-11-7-5-9-14(17)18-12(2)19/h4-11H,3H2,1-2H3,(H,18,19). The molecule has 21 heavy (non-hydrogen) atoms. The Hall–Kier alpha value is -2.62. The third-order valence-electron chi connectivity index (χ3n) is 2.93. The van der Waals surface area contributed by atoms with Crippen LogP contribution in [0.3, 0.4) is 0 Å². The molecule has 0 saturated heterocycles. The zero-order valence-electron chi connectivity index (χ0n) is 12.1. The lowest BCUT2D eigenvalue weighted by Gasteiger charge is -2.13. The Morgan fingerprint density at radius 3 is 2.29 bits per heavy atom. The van der Waals surface area contributed by atoms with Gasteiger partial charge in [-0.1, -0.05) is 31.2 Å². The molecule has 2 rings (SSSR count). The van der Waals surface area contributed by atoms with Crippen molar-refractivity contribution in [1.82, 2.24) is 0 Å². The Bertz CT molecular complexity index is 665. The molecular weight excluding hydrogens is 266 g/mol. The summed E-state index contributed by atoms with van der Waals surface area (Å²) in [5.74, 6) is 0.831. The molecule has 2 aromatic carbocycles. The smallest absolute Gasteiger partial charge is 0.221 e. The summed E-state index contributed by atoms with van der Waals surface area (Å²) >= 11 is 0. The molecule has 4 heteroatoms. The summed E-state index contributed by atoms with van der Waals surface area (Å²) in [5, 5.41) is 2.71. The number of nitrogens with one attached hydrogen (secondary N) is 1. The van der Waals surface area contributed by atoms with E-state index in [-0.39, 0.29) is 11.7 Å². The second kappa shape index (κ2) is 6.70. The highest BCUT2D eigenvalue weighted by molar-refractivity contribution is 5.98. The van der Waals surface area contributed by atoms with E-state index in [1.165, 1.54) is 6.92 Å². The van der Waals surface area contributed by atoms with E-state index in [9.17, 15) is 9.59 Å². The molecule has 0 saturated carbocycles. The van der Waals surface area contributed by atoms with E-state index < -0.39 is 0 Å². The molecule has 0 unspecified atom stereocenters. The molecule has 108 valence electrons. The zero-order chi connectivity index (χ0) is 15.2. The molecule has 0 aliphatic rings. The number of anilines is 1. The number of ketones is 1. The second-order valence-corrected chi connectivity index (χ2v) is 4.55. The van der Waals surface area contributed by atoms with E-state index in [0.717, 1.165) is 0 Å². The van der Waals surface area contributed by atoms with Crippen LogP contribution in [0.2, 0.25) is 0 Å². The van der Waals surface area contributed by atoms with Crippen LogP contribution >= 0.6 is 0 Å². The molecule has 2 aromatic rings. The normalized spacial score (nSPS) is 10.0. The fourth-order valence-corrected chi connectivity index (χ4v) is 1.94. The van der Waals surface area contributed by atoms with Gasteiger partial charge in [-0.25, -0.2) is 0 Å². The van der Waals surface area contributed by atoms with Gasteiger partial charge in [-0.3, -0.25) is 9.59 Å². The van der Waals surface area contributed by atoms with Crippen LogP contribution in [0, 0.1) is 0 Å². The van der Waals surface area contributed by atoms with Crippen LogP contribution in [0.4, 0.5) is 5.69 Å². The first-order chi connectivity index (χ1) is 10.1. The van der Waals surface area contributed by atoms with Crippen LogP contribution in [-0.4, -0.2) is 11.7 Å². The van der Waals surface area contributed by atoms with Crippen molar-refractivity contribution in [2.45, 2.75) is 20.3 Å². The Kier molecular flexibility index (Phi) is 4.72. The van der Waals surface area contributed by atoms with Crippen molar-refractivity contribution in [3.63, 3.8) is 0 Å². The van der Waals surface area contributed by atoms with Crippen LogP contribution < -0.4 is 10.1 Å². The second-order valence-electron chi connectivity index (χ2n) is 4.55. The van der Waals surface area contributed by atoms with Crippen molar-refractivity contribution in [1.29, 1.82) is 0 Å². The summed E-state index contributed by atoms with van der Waals surface area (Å²) in [6, 6.07) is 14.2. The number of benzene rings is 2. The Morgan fingerprint density at radius 2 is 1.62 bits per heavy atom. The number of para-hydroxylation sites is 3. The van der Waals surface area contributed by atoms with E-state index in [2.05, 4.69) is 5.32 Å². The fourth-order valence-electron chi connectivity index (χ4n) is 1.94. The van der Waals surface area contributed by atoms with E-state index in [0.29, 0.717) is 29.2 Å². The van der Waals surface area contributed by atoms with Gasteiger partial charge in [0, 0.05) is 13.3 Å². The first-order valence-electron chi connectivity index (χ1n) is 6.78. The average molecular weight is 283 g/mol. The van der Waals surface area contributed by atoms with Crippen molar-refractivity contribution >= 4 is 17.4 Å². The number of ether oxygens (including phenoxy) is 1. The largest absolute Gasteiger partial charge is 0.454 e. The van der Waals surface area contributed by atoms with Gasteiger partial charge in [-0.2, -0.15) is 0 Å². The highest BCUT2D eigenvalue weighted by Crippen LogP contribution is 2.31. The van der Waals surface area contributed by atoms with Crippen molar-refractivity contribution in [3.05, 3.63) is 54.1 Å². The van der Waals surface area contributed by atoms with Crippen LogP contribution in [0.5, 0.6) is 11.5 Å². The molecular formula is C17H17NO3. The molecule has 0 aliphatic carbocycles. The molecule has 1 amide bonds. The fraction of sp³-hybridized carbons (Fsp3) is 0.176. The predicted octanol–water partition coefficient (Wildman–Crippen LogP) is 4.03. The van der Waals surface area contributed by atoms with Gasteiger partial charge in [-0.05, 0) is 24.3 Å². The van der Waals surface area contributed by atoms with Gasteiger partial charge in [0.1, 0.15) is 5.75 Å². The van der Waals surface area contributed by atoms with Gasteiger partial charge >= 0.3 is 0 Å². The van der Waals surface area contributed by atoms with Gasteiger partial charge in [0.05, 0.1) is 11.3 Å². The number of rotatable bonds is 5. The number of carbonyl (C=O) groups excluding carboxylic acids is 2. The lowest BCUT2D eigenvalue weighted by Crippen LogP contribution is -2.07. The van der Waals surface area contributed by atoms with Crippen molar-refractivity contribution in [2.75, 3.05) is 5.32 Å². The first-order valence-corrected chi connectivity index (χ1v) is 6.78. The molecule has 4 nitrogen and oxygen atoms in total. The monoisotopic (exact) mass is 283 g/mol.